The van der Waals surface area contributed by atoms with Gasteiger partial charge in [0.05, 0.1) is 23.5 Å². The summed E-state index contributed by atoms with van der Waals surface area (Å²) in [5, 5.41) is 13.1. The predicted molar refractivity (Wildman–Crippen MR) is 102 cm³/mol. The maximum Gasteiger partial charge on any atom is 0.213 e. The van der Waals surface area contributed by atoms with E-state index in [1.54, 1.807) is 12.1 Å². The molecule has 2 aromatic heterocycles. The number of fused-ring (bicyclic) bond motifs is 1. The predicted octanol–water partition coefficient (Wildman–Crippen LogP) is 4.31. The van der Waals surface area contributed by atoms with E-state index in [4.69, 9.17) is 14.4 Å². The number of halogens is 2. The van der Waals surface area contributed by atoms with Crippen LogP contribution in [0.25, 0.3) is 11.0 Å². The molecule has 27 heavy (non-hydrogen) atoms. The van der Waals surface area contributed by atoms with Crippen LogP contribution in [0.1, 0.15) is 35.6 Å². The maximum absolute atomic E-state index is 14.4. The van der Waals surface area contributed by atoms with Crippen LogP contribution in [0.15, 0.2) is 41.0 Å². The molecule has 0 saturated carbocycles. The van der Waals surface area contributed by atoms with Gasteiger partial charge in [0.25, 0.3) is 0 Å². The highest BCUT2D eigenvalue weighted by molar-refractivity contribution is 5.86. The second kappa shape index (κ2) is 8.38. The van der Waals surface area contributed by atoms with Crippen molar-refractivity contribution in [3.05, 3.63) is 59.2 Å². The SMILES string of the molecule is Cl.N#Cc1cc(F)c(COc2cccc(C3CCNCC3)n2)c2occc12. The van der Waals surface area contributed by atoms with E-state index in [0.29, 0.717) is 22.8 Å². The van der Waals surface area contributed by atoms with Crippen LogP contribution in [-0.4, -0.2) is 18.1 Å². The zero-order valence-electron chi connectivity index (χ0n) is 14.6. The van der Waals surface area contributed by atoms with Gasteiger partial charge >= 0.3 is 0 Å². The van der Waals surface area contributed by atoms with Gasteiger partial charge in [-0.2, -0.15) is 5.26 Å². The smallest absolute Gasteiger partial charge is 0.213 e. The van der Waals surface area contributed by atoms with Crippen molar-refractivity contribution in [2.45, 2.75) is 25.4 Å². The molecular weight excluding hydrogens is 369 g/mol. The Morgan fingerprint density at radius 3 is 2.89 bits per heavy atom. The summed E-state index contributed by atoms with van der Waals surface area (Å²) in [5.74, 6) is 0.367. The molecule has 1 aromatic carbocycles. The highest BCUT2D eigenvalue weighted by Gasteiger charge is 2.18. The Balaban J connectivity index is 0.00000210. The van der Waals surface area contributed by atoms with Crippen molar-refractivity contribution in [1.82, 2.24) is 10.3 Å². The van der Waals surface area contributed by atoms with Gasteiger partial charge in [0.2, 0.25) is 5.88 Å². The van der Waals surface area contributed by atoms with Crippen LogP contribution >= 0.6 is 12.4 Å². The summed E-state index contributed by atoms with van der Waals surface area (Å²) >= 11 is 0. The molecule has 0 spiro atoms. The highest BCUT2D eigenvalue weighted by Crippen LogP contribution is 2.28. The highest BCUT2D eigenvalue weighted by atomic mass is 35.5. The first kappa shape index (κ1) is 19.2. The van der Waals surface area contributed by atoms with E-state index >= 15 is 0 Å². The first-order chi connectivity index (χ1) is 12.8. The quantitative estimate of drug-likeness (QED) is 0.722. The average molecular weight is 388 g/mol. The number of benzene rings is 1. The molecule has 1 fully saturated rings. The maximum atomic E-state index is 14.4. The lowest BCUT2D eigenvalue weighted by Gasteiger charge is -2.22. The second-order valence-corrected chi connectivity index (χ2v) is 6.37. The van der Waals surface area contributed by atoms with Crippen molar-refractivity contribution < 1.29 is 13.5 Å². The summed E-state index contributed by atoms with van der Waals surface area (Å²) in [6.45, 7) is 1.97. The number of nitriles is 1. The molecular formula is C20H19ClFN3O2. The normalized spacial score (nSPS) is 14.5. The Bertz CT molecular complexity index is 977. The monoisotopic (exact) mass is 387 g/mol. The molecule has 0 unspecified atom stereocenters. The number of hydrogen-bond acceptors (Lipinski definition) is 5. The number of nitrogens with zero attached hydrogens (tertiary/aromatic N) is 2. The van der Waals surface area contributed by atoms with Gasteiger partial charge in [-0.25, -0.2) is 9.37 Å². The molecule has 1 aliphatic rings. The van der Waals surface area contributed by atoms with Gasteiger partial charge in [-0.1, -0.05) is 6.07 Å². The lowest BCUT2D eigenvalue weighted by Crippen LogP contribution is -2.27. The first-order valence-electron chi connectivity index (χ1n) is 8.65. The van der Waals surface area contributed by atoms with Crippen LogP contribution in [-0.2, 0) is 6.61 Å². The Morgan fingerprint density at radius 1 is 1.30 bits per heavy atom. The van der Waals surface area contributed by atoms with Crippen molar-refractivity contribution in [3.8, 4) is 11.9 Å². The minimum absolute atomic E-state index is 0. The van der Waals surface area contributed by atoms with Crippen LogP contribution in [0.3, 0.4) is 0 Å². The summed E-state index contributed by atoms with van der Waals surface area (Å²) in [5.41, 5.74) is 1.89. The van der Waals surface area contributed by atoms with Gasteiger partial charge in [0, 0.05) is 23.1 Å². The third kappa shape index (κ3) is 3.90. The molecule has 140 valence electrons. The summed E-state index contributed by atoms with van der Waals surface area (Å²) in [6.07, 6.45) is 3.55. The molecule has 7 heteroatoms. The van der Waals surface area contributed by atoms with E-state index in [0.717, 1.165) is 31.6 Å². The minimum atomic E-state index is -0.515. The average Bonchev–Trinajstić information content (AvgIpc) is 3.17. The fourth-order valence-corrected chi connectivity index (χ4v) is 3.38. The van der Waals surface area contributed by atoms with Crippen molar-refractivity contribution >= 4 is 23.4 Å². The molecule has 1 saturated heterocycles. The second-order valence-electron chi connectivity index (χ2n) is 6.37. The van der Waals surface area contributed by atoms with Crippen molar-refractivity contribution in [1.29, 1.82) is 5.26 Å². The summed E-state index contributed by atoms with van der Waals surface area (Å²) in [6, 6.07) is 10.6. The van der Waals surface area contributed by atoms with Gasteiger partial charge in [0.15, 0.2) is 0 Å². The number of piperidine rings is 1. The van der Waals surface area contributed by atoms with Crippen molar-refractivity contribution in [3.63, 3.8) is 0 Å². The molecule has 0 amide bonds. The number of hydrogen-bond donors (Lipinski definition) is 1. The fourth-order valence-electron chi connectivity index (χ4n) is 3.38. The van der Waals surface area contributed by atoms with Crippen LogP contribution in [0, 0.1) is 17.1 Å². The van der Waals surface area contributed by atoms with E-state index in [9.17, 15) is 4.39 Å². The number of rotatable bonds is 4. The Hall–Kier alpha value is -2.62. The van der Waals surface area contributed by atoms with Gasteiger partial charge in [0.1, 0.15) is 18.0 Å². The Kier molecular flexibility index (Phi) is 5.94. The molecule has 0 bridgehead atoms. The van der Waals surface area contributed by atoms with Crippen molar-refractivity contribution in [2.75, 3.05) is 13.1 Å². The fraction of sp³-hybridized carbons (Fsp3) is 0.300. The van der Waals surface area contributed by atoms with E-state index < -0.39 is 5.82 Å². The molecule has 0 radical (unpaired) electrons. The van der Waals surface area contributed by atoms with Crippen LogP contribution in [0.5, 0.6) is 5.88 Å². The lowest BCUT2D eigenvalue weighted by atomic mass is 9.94. The van der Waals surface area contributed by atoms with Crippen LogP contribution in [0.2, 0.25) is 0 Å². The van der Waals surface area contributed by atoms with Crippen molar-refractivity contribution in [2.24, 2.45) is 0 Å². The summed E-state index contributed by atoms with van der Waals surface area (Å²) in [4.78, 5) is 4.59. The van der Waals surface area contributed by atoms with Gasteiger partial charge < -0.3 is 14.5 Å². The molecule has 1 aliphatic heterocycles. The molecule has 3 aromatic rings. The zero-order valence-corrected chi connectivity index (χ0v) is 15.4. The van der Waals surface area contributed by atoms with Crippen LogP contribution in [0.4, 0.5) is 4.39 Å². The van der Waals surface area contributed by atoms with E-state index in [2.05, 4.69) is 10.3 Å². The molecule has 0 aliphatic carbocycles. The van der Waals surface area contributed by atoms with Gasteiger partial charge in [-0.05, 0) is 44.1 Å². The summed E-state index contributed by atoms with van der Waals surface area (Å²) in [7, 11) is 0. The molecule has 4 rings (SSSR count). The summed E-state index contributed by atoms with van der Waals surface area (Å²) < 4.78 is 25.5. The molecule has 5 nitrogen and oxygen atoms in total. The number of aromatic nitrogens is 1. The zero-order chi connectivity index (χ0) is 17.9. The number of furan rings is 1. The van der Waals surface area contributed by atoms with Gasteiger partial charge in [-0.15, -0.1) is 12.4 Å². The standard InChI is InChI=1S/C20H18FN3O2.ClH/c21-17-10-14(11-22)15-6-9-25-20(15)16(17)12-26-19-3-1-2-18(24-19)13-4-7-23-8-5-13;/h1-3,6,9-10,13,23H,4-5,7-8,12H2;1H. The topological polar surface area (TPSA) is 71.1 Å². The molecule has 3 heterocycles. The minimum Gasteiger partial charge on any atom is -0.473 e. The third-order valence-corrected chi connectivity index (χ3v) is 4.78. The Labute approximate surface area is 162 Å². The largest absolute Gasteiger partial charge is 0.473 e. The molecule has 0 atom stereocenters. The first-order valence-corrected chi connectivity index (χ1v) is 8.65. The Morgan fingerprint density at radius 2 is 2.11 bits per heavy atom. The van der Waals surface area contributed by atoms with E-state index in [1.165, 1.54) is 12.3 Å². The number of nitrogens with one attached hydrogen (secondary N) is 1. The number of ether oxygens (including phenoxy) is 1. The number of pyridine rings is 1. The van der Waals surface area contributed by atoms with Crippen LogP contribution < -0.4 is 10.1 Å². The third-order valence-electron chi connectivity index (χ3n) is 4.78. The molecule has 1 N–H and O–H groups in total. The van der Waals surface area contributed by atoms with E-state index in [-0.39, 0.29) is 30.1 Å². The lowest BCUT2D eigenvalue weighted by molar-refractivity contribution is 0.285. The van der Waals surface area contributed by atoms with E-state index in [1.807, 2.05) is 18.2 Å². The van der Waals surface area contributed by atoms with Gasteiger partial charge in [-0.3, -0.25) is 0 Å².